The van der Waals surface area contributed by atoms with Crippen LogP contribution in [0.4, 0.5) is 0 Å². The third kappa shape index (κ3) is 2.03. The number of nitrogens with zero attached hydrogens (tertiary/aromatic N) is 1. The van der Waals surface area contributed by atoms with E-state index in [1.807, 2.05) is 0 Å². The summed E-state index contributed by atoms with van der Waals surface area (Å²) in [6.07, 6.45) is 3.47. The van der Waals surface area contributed by atoms with Crippen LogP contribution >= 0.6 is 0 Å². The maximum absolute atomic E-state index is 12.7. The van der Waals surface area contributed by atoms with E-state index in [4.69, 9.17) is 8.83 Å². The Morgan fingerprint density at radius 3 is 2.71 bits per heavy atom. The number of rotatable bonds is 2. The molecule has 110 valence electrons. The van der Waals surface area contributed by atoms with E-state index in [0.29, 0.717) is 41.2 Å². The van der Waals surface area contributed by atoms with Crippen molar-refractivity contribution in [3.05, 3.63) is 46.8 Å². The van der Waals surface area contributed by atoms with Gasteiger partial charge in [0.2, 0.25) is 0 Å². The molecule has 2 aromatic heterocycles. The summed E-state index contributed by atoms with van der Waals surface area (Å²) in [6.45, 7) is 3.77. The number of carboxylic acids is 1. The fourth-order valence-corrected chi connectivity index (χ4v) is 2.84. The SMILES string of the molecule is Cc1coc(C)c1C(=O)N1CCc2occc2C1C(=O)O. The molecule has 0 radical (unpaired) electrons. The van der Waals surface area contributed by atoms with Crippen LogP contribution < -0.4 is 0 Å². The zero-order chi connectivity index (χ0) is 15.1. The summed E-state index contributed by atoms with van der Waals surface area (Å²) >= 11 is 0. The lowest BCUT2D eigenvalue weighted by atomic mass is 9.98. The van der Waals surface area contributed by atoms with Crippen molar-refractivity contribution in [3.63, 3.8) is 0 Å². The van der Waals surface area contributed by atoms with Crippen molar-refractivity contribution in [3.8, 4) is 0 Å². The Kier molecular flexibility index (Phi) is 3.08. The van der Waals surface area contributed by atoms with E-state index >= 15 is 0 Å². The third-order valence-electron chi connectivity index (χ3n) is 3.83. The average Bonchev–Trinajstić information content (AvgIpc) is 3.03. The van der Waals surface area contributed by atoms with Crippen molar-refractivity contribution in [1.29, 1.82) is 0 Å². The second kappa shape index (κ2) is 4.80. The largest absolute Gasteiger partial charge is 0.479 e. The van der Waals surface area contributed by atoms with E-state index in [0.717, 1.165) is 0 Å². The maximum Gasteiger partial charge on any atom is 0.331 e. The predicted octanol–water partition coefficient (Wildman–Crippen LogP) is 2.31. The average molecular weight is 289 g/mol. The highest BCUT2D eigenvalue weighted by atomic mass is 16.4. The van der Waals surface area contributed by atoms with Crippen molar-refractivity contribution in [2.75, 3.05) is 6.54 Å². The Morgan fingerprint density at radius 1 is 1.33 bits per heavy atom. The van der Waals surface area contributed by atoms with Gasteiger partial charge < -0.3 is 18.8 Å². The predicted molar refractivity (Wildman–Crippen MR) is 72.0 cm³/mol. The van der Waals surface area contributed by atoms with Crippen LogP contribution in [0, 0.1) is 13.8 Å². The summed E-state index contributed by atoms with van der Waals surface area (Å²) in [7, 11) is 0. The third-order valence-corrected chi connectivity index (χ3v) is 3.83. The van der Waals surface area contributed by atoms with Crippen LogP contribution in [-0.4, -0.2) is 28.4 Å². The number of aryl methyl sites for hydroxylation is 2. The summed E-state index contributed by atoms with van der Waals surface area (Å²) in [5.74, 6) is -0.255. The first-order valence-corrected chi connectivity index (χ1v) is 6.65. The zero-order valence-corrected chi connectivity index (χ0v) is 11.8. The molecular formula is C15H15NO5. The molecular weight excluding hydrogens is 274 g/mol. The summed E-state index contributed by atoms with van der Waals surface area (Å²) < 4.78 is 10.5. The topological polar surface area (TPSA) is 83.9 Å². The van der Waals surface area contributed by atoms with Gasteiger partial charge in [-0.2, -0.15) is 0 Å². The molecule has 0 bridgehead atoms. The minimum Gasteiger partial charge on any atom is -0.479 e. The Labute approximate surface area is 121 Å². The first kappa shape index (κ1) is 13.5. The fourth-order valence-electron chi connectivity index (χ4n) is 2.84. The van der Waals surface area contributed by atoms with E-state index < -0.39 is 12.0 Å². The molecule has 0 spiro atoms. The number of fused-ring (bicyclic) bond motifs is 1. The molecule has 1 unspecified atom stereocenters. The number of hydrogen-bond acceptors (Lipinski definition) is 4. The van der Waals surface area contributed by atoms with E-state index in [2.05, 4.69) is 0 Å². The molecule has 0 saturated heterocycles. The highest BCUT2D eigenvalue weighted by Gasteiger charge is 2.39. The summed E-state index contributed by atoms with van der Waals surface area (Å²) in [6, 6.07) is 0.594. The smallest absolute Gasteiger partial charge is 0.331 e. The second-order valence-electron chi connectivity index (χ2n) is 5.14. The van der Waals surface area contributed by atoms with Gasteiger partial charge in [0, 0.05) is 24.1 Å². The molecule has 6 heteroatoms. The second-order valence-corrected chi connectivity index (χ2v) is 5.14. The van der Waals surface area contributed by atoms with E-state index in [1.165, 1.54) is 17.4 Å². The molecule has 1 N–H and O–H groups in total. The van der Waals surface area contributed by atoms with E-state index in [1.54, 1.807) is 19.9 Å². The molecule has 3 heterocycles. The fraction of sp³-hybridized carbons (Fsp3) is 0.333. The van der Waals surface area contributed by atoms with Crippen LogP contribution in [0.3, 0.4) is 0 Å². The van der Waals surface area contributed by atoms with Gasteiger partial charge in [0.05, 0.1) is 18.1 Å². The first-order valence-electron chi connectivity index (χ1n) is 6.65. The molecule has 2 aromatic rings. The molecule has 0 saturated carbocycles. The lowest BCUT2D eigenvalue weighted by Gasteiger charge is -2.32. The molecule has 1 atom stereocenters. The van der Waals surface area contributed by atoms with E-state index in [-0.39, 0.29) is 5.91 Å². The quantitative estimate of drug-likeness (QED) is 0.917. The maximum atomic E-state index is 12.7. The number of hydrogen-bond donors (Lipinski definition) is 1. The Morgan fingerprint density at radius 2 is 2.10 bits per heavy atom. The van der Waals surface area contributed by atoms with Crippen molar-refractivity contribution < 1.29 is 23.5 Å². The summed E-state index contributed by atoms with van der Waals surface area (Å²) in [5, 5.41) is 9.50. The monoisotopic (exact) mass is 289 g/mol. The normalized spacial score (nSPS) is 17.6. The number of amides is 1. The number of aliphatic carboxylic acids is 1. The molecule has 1 amide bonds. The molecule has 3 rings (SSSR count). The van der Waals surface area contributed by atoms with Crippen LogP contribution in [-0.2, 0) is 11.2 Å². The van der Waals surface area contributed by atoms with Gasteiger partial charge in [-0.05, 0) is 19.9 Å². The Hall–Kier alpha value is -2.50. The Balaban J connectivity index is 2.02. The molecule has 0 fully saturated rings. The highest BCUT2D eigenvalue weighted by molar-refractivity contribution is 5.99. The lowest BCUT2D eigenvalue weighted by molar-refractivity contribution is -0.143. The van der Waals surface area contributed by atoms with Crippen LogP contribution in [0.15, 0.2) is 27.4 Å². The van der Waals surface area contributed by atoms with Gasteiger partial charge in [-0.1, -0.05) is 0 Å². The van der Waals surface area contributed by atoms with Gasteiger partial charge in [-0.15, -0.1) is 0 Å². The molecule has 1 aliphatic heterocycles. The number of carbonyl (C=O) groups excluding carboxylic acids is 1. The van der Waals surface area contributed by atoms with Crippen LogP contribution in [0.25, 0.3) is 0 Å². The molecule has 6 nitrogen and oxygen atoms in total. The van der Waals surface area contributed by atoms with Crippen molar-refractivity contribution in [2.24, 2.45) is 0 Å². The van der Waals surface area contributed by atoms with Gasteiger partial charge in [0.25, 0.3) is 5.91 Å². The minimum absolute atomic E-state index is 0.306. The highest BCUT2D eigenvalue weighted by Crippen LogP contribution is 2.33. The molecule has 0 aliphatic carbocycles. The van der Waals surface area contributed by atoms with Crippen molar-refractivity contribution >= 4 is 11.9 Å². The standard InChI is InChI=1S/C15H15NO5/c1-8-7-21-9(2)12(8)14(17)16-5-3-11-10(4-6-20-11)13(16)15(18)19/h4,6-7,13H,3,5H2,1-2H3,(H,18,19). The van der Waals surface area contributed by atoms with E-state index in [9.17, 15) is 14.7 Å². The molecule has 0 aromatic carbocycles. The number of carbonyl (C=O) groups is 2. The molecule has 1 aliphatic rings. The van der Waals surface area contributed by atoms with Crippen LogP contribution in [0.1, 0.15) is 39.0 Å². The van der Waals surface area contributed by atoms with Crippen LogP contribution in [0.5, 0.6) is 0 Å². The van der Waals surface area contributed by atoms with Gasteiger partial charge in [0.1, 0.15) is 11.5 Å². The van der Waals surface area contributed by atoms with Gasteiger partial charge in [-0.25, -0.2) is 4.79 Å². The molecule has 21 heavy (non-hydrogen) atoms. The first-order chi connectivity index (χ1) is 10.0. The lowest BCUT2D eigenvalue weighted by Crippen LogP contribution is -2.43. The van der Waals surface area contributed by atoms with Gasteiger partial charge >= 0.3 is 5.97 Å². The van der Waals surface area contributed by atoms with Crippen LogP contribution in [0.2, 0.25) is 0 Å². The van der Waals surface area contributed by atoms with Gasteiger partial charge in [-0.3, -0.25) is 4.79 Å². The minimum atomic E-state index is -1.07. The Bertz CT molecular complexity index is 692. The summed E-state index contributed by atoms with van der Waals surface area (Å²) in [5.41, 5.74) is 1.69. The zero-order valence-electron chi connectivity index (χ0n) is 11.8. The number of furan rings is 2. The van der Waals surface area contributed by atoms with Crippen molar-refractivity contribution in [1.82, 2.24) is 4.90 Å². The number of carboxylic acid groups (broad SMARTS) is 1. The summed E-state index contributed by atoms with van der Waals surface area (Å²) in [4.78, 5) is 25.7. The van der Waals surface area contributed by atoms with Gasteiger partial charge in [0.15, 0.2) is 6.04 Å². The van der Waals surface area contributed by atoms with Crippen molar-refractivity contribution in [2.45, 2.75) is 26.3 Å².